The van der Waals surface area contributed by atoms with Gasteiger partial charge in [0.2, 0.25) is 0 Å². The molecule has 0 aliphatic carbocycles. The molecule has 0 aromatic carbocycles. The Labute approximate surface area is 123 Å². The first-order valence-electron chi connectivity index (χ1n) is 8.84. The zero-order valence-corrected chi connectivity index (χ0v) is 13.6. The fraction of sp³-hybridized carbons (Fsp3) is 0.895. The van der Waals surface area contributed by atoms with E-state index >= 15 is 0 Å². The monoisotopic (exact) mass is 265 g/mol. The van der Waals surface area contributed by atoms with E-state index in [1.165, 1.54) is 83.5 Å². The van der Waals surface area contributed by atoms with E-state index in [9.17, 15) is 0 Å². The maximum atomic E-state index is 5.37. The van der Waals surface area contributed by atoms with Crippen molar-refractivity contribution < 1.29 is 0 Å². The van der Waals surface area contributed by atoms with Crippen LogP contribution >= 0.6 is 0 Å². The molecule has 1 atom stereocenters. The molecule has 0 aliphatic rings. The lowest BCUT2D eigenvalue weighted by atomic mass is 9.96. The Balaban J connectivity index is 3.11. The molecule has 0 N–H and O–H groups in total. The SMILES string of the molecule is [CH]=CCCCCCCCCC(C)CCCCCCC. The van der Waals surface area contributed by atoms with Crippen molar-refractivity contribution in [3.05, 3.63) is 12.7 Å². The van der Waals surface area contributed by atoms with Gasteiger partial charge in [0.25, 0.3) is 0 Å². The molecule has 113 valence electrons. The minimum Gasteiger partial charge on any atom is -0.0845 e. The highest BCUT2D eigenvalue weighted by molar-refractivity contribution is 4.61. The maximum Gasteiger partial charge on any atom is -0.0348 e. The quantitative estimate of drug-likeness (QED) is 0.277. The Hall–Kier alpha value is -0.260. The lowest BCUT2D eigenvalue weighted by Gasteiger charge is -2.10. The van der Waals surface area contributed by atoms with Gasteiger partial charge in [0.1, 0.15) is 0 Å². The summed E-state index contributed by atoms with van der Waals surface area (Å²) in [5.74, 6) is 0.952. The van der Waals surface area contributed by atoms with Crippen molar-refractivity contribution in [1.29, 1.82) is 0 Å². The van der Waals surface area contributed by atoms with Crippen molar-refractivity contribution in [3.8, 4) is 0 Å². The van der Waals surface area contributed by atoms with E-state index in [-0.39, 0.29) is 0 Å². The molecule has 0 heteroatoms. The Morgan fingerprint density at radius 1 is 0.737 bits per heavy atom. The number of allylic oxidation sites excluding steroid dienone is 1. The van der Waals surface area contributed by atoms with Gasteiger partial charge in [-0.15, -0.1) is 0 Å². The van der Waals surface area contributed by atoms with Crippen LogP contribution in [0.1, 0.15) is 104 Å². The van der Waals surface area contributed by atoms with Crippen LogP contribution < -0.4 is 0 Å². The van der Waals surface area contributed by atoms with Gasteiger partial charge in [-0.05, 0) is 18.8 Å². The molecule has 1 unspecified atom stereocenters. The Morgan fingerprint density at radius 3 is 1.74 bits per heavy atom. The average Bonchev–Trinajstić information content (AvgIpc) is 2.41. The van der Waals surface area contributed by atoms with Crippen LogP contribution in [-0.4, -0.2) is 0 Å². The van der Waals surface area contributed by atoms with Crippen LogP contribution in [0.15, 0.2) is 6.08 Å². The van der Waals surface area contributed by atoms with Gasteiger partial charge in [-0.1, -0.05) is 104 Å². The van der Waals surface area contributed by atoms with Crippen LogP contribution in [0.3, 0.4) is 0 Å². The molecule has 0 rings (SSSR count). The van der Waals surface area contributed by atoms with E-state index < -0.39 is 0 Å². The summed E-state index contributed by atoms with van der Waals surface area (Å²) in [6.07, 6.45) is 21.3. The molecule has 0 aromatic rings. The molecule has 0 saturated carbocycles. The maximum absolute atomic E-state index is 5.37. The lowest BCUT2D eigenvalue weighted by molar-refractivity contribution is 0.432. The van der Waals surface area contributed by atoms with E-state index in [1.54, 1.807) is 6.08 Å². The normalized spacial score (nSPS) is 12.5. The first-order valence-corrected chi connectivity index (χ1v) is 8.84. The van der Waals surface area contributed by atoms with E-state index in [0.29, 0.717) is 0 Å². The van der Waals surface area contributed by atoms with Crippen molar-refractivity contribution in [2.75, 3.05) is 0 Å². The standard InChI is InChI=1S/C19H37/c1-4-6-8-10-11-12-14-16-18-19(3)17-15-13-9-7-5-2/h1,4,19H,5-18H2,2-3H3. The topological polar surface area (TPSA) is 0 Å². The van der Waals surface area contributed by atoms with Gasteiger partial charge in [0.05, 0.1) is 0 Å². The second-order valence-electron chi connectivity index (χ2n) is 6.24. The van der Waals surface area contributed by atoms with Crippen LogP contribution in [0.25, 0.3) is 0 Å². The van der Waals surface area contributed by atoms with E-state index in [4.69, 9.17) is 6.58 Å². The fourth-order valence-electron chi connectivity index (χ4n) is 2.70. The second kappa shape index (κ2) is 15.8. The predicted octanol–water partition coefficient (Wildman–Crippen LogP) is 7.09. The Kier molecular flexibility index (Phi) is 15.6. The van der Waals surface area contributed by atoms with Gasteiger partial charge < -0.3 is 0 Å². The van der Waals surface area contributed by atoms with Gasteiger partial charge in [0.15, 0.2) is 0 Å². The van der Waals surface area contributed by atoms with E-state index in [1.807, 2.05) is 0 Å². The molecule has 0 nitrogen and oxygen atoms in total. The summed E-state index contributed by atoms with van der Waals surface area (Å²) in [5, 5.41) is 0. The van der Waals surface area contributed by atoms with Crippen molar-refractivity contribution in [1.82, 2.24) is 0 Å². The van der Waals surface area contributed by atoms with Gasteiger partial charge in [-0.2, -0.15) is 0 Å². The fourth-order valence-corrected chi connectivity index (χ4v) is 2.70. The summed E-state index contributed by atoms with van der Waals surface area (Å²) in [4.78, 5) is 0. The summed E-state index contributed by atoms with van der Waals surface area (Å²) < 4.78 is 0. The average molecular weight is 266 g/mol. The van der Waals surface area contributed by atoms with Crippen LogP contribution in [0.2, 0.25) is 0 Å². The number of hydrogen-bond acceptors (Lipinski definition) is 0. The summed E-state index contributed by atoms with van der Waals surface area (Å²) in [7, 11) is 0. The zero-order chi connectivity index (χ0) is 14.2. The molecule has 0 amide bonds. The van der Waals surface area contributed by atoms with Gasteiger partial charge >= 0.3 is 0 Å². The highest BCUT2D eigenvalue weighted by atomic mass is 14.1. The first kappa shape index (κ1) is 18.7. The van der Waals surface area contributed by atoms with Crippen molar-refractivity contribution in [3.63, 3.8) is 0 Å². The molecular formula is C19H37. The van der Waals surface area contributed by atoms with Crippen molar-refractivity contribution in [2.24, 2.45) is 5.92 Å². The molecule has 0 heterocycles. The molecule has 0 fully saturated rings. The predicted molar refractivity (Wildman–Crippen MR) is 88.3 cm³/mol. The zero-order valence-electron chi connectivity index (χ0n) is 13.6. The molecule has 0 aromatic heterocycles. The second-order valence-corrected chi connectivity index (χ2v) is 6.24. The summed E-state index contributed by atoms with van der Waals surface area (Å²) in [6.45, 7) is 10.1. The Bertz CT molecular complexity index is 171. The smallest absolute Gasteiger partial charge is 0.0348 e. The molecule has 0 saturated heterocycles. The van der Waals surface area contributed by atoms with Crippen LogP contribution in [-0.2, 0) is 0 Å². The molecule has 1 radical (unpaired) electrons. The minimum atomic E-state index is 0.952. The third-order valence-corrected chi connectivity index (χ3v) is 4.12. The van der Waals surface area contributed by atoms with Crippen molar-refractivity contribution in [2.45, 2.75) is 104 Å². The molecule has 0 aliphatic heterocycles. The summed E-state index contributed by atoms with van der Waals surface area (Å²) in [5.41, 5.74) is 0. The molecule has 0 spiro atoms. The third-order valence-electron chi connectivity index (χ3n) is 4.12. The Morgan fingerprint density at radius 2 is 1.21 bits per heavy atom. The van der Waals surface area contributed by atoms with Gasteiger partial charge in [0, 0.05) is 0 Å². The van der Waals surface area contributed by atoms with E-state index in [0.717, 1.165) is 12.3 Å². The number of hydrogen-bond donors (Lipinski definition) is 0. The molecule has 0 bridgehead atoms. The van der Waals surface area contributed by atoms with Crippen LogP contribution in [0.4, 0.5) is 0 Å². The van der Waals surface area contributed by atoms with Gasteiger partial charge in [-0.25, -0.2) is 0 Å². The molecule has 19 heavy (non-hydrogen) atoms. The lowest BCUT2D eigenvalue weighted by Crippen LogP contribution is -1.95. The van der Waals surface area contributed by atoms with Crippen molar-refractivity contribution >= 4 is 0 Å². The minimum absolute atomic E-state index is 0.952. The van der Waals surface area contributed by atoms with Crippen LogP contribution in [0.5, 0.6) is 0 Å². The summed E-state index contributed by atoms with van der Waals surface area (Å²) in [6, 6.07) is 0. The van der Waals surface area contributed by atoms with E-state index in [2.05, 4.69) is 13.8 Å². The highest BCUT2D eigenvalue weighted by Gasteiger charge is 2.01. The summed E-state index contributed by atoms with van der Waals surface area (Å²) >= 11 is 0. The third kappa shape index (κ3) is 15.7. The van der Waals surface area contributed by atoms with Crippen LogP contribution in [0, 0.1) is 12.5 Å². The number of rotatable bonds is 15. The number of unbranched alkanes of at least 4 members (excludes halogenated alkanes) is 10. The first-order chi connectivity index (χ1) is 9.31. The molecular weight excluding hydrogens is 228 g/mol. The largest absolute Gasteiger partial charge is 0.0845 e. The highest BCUT2D eigenvalue weighted by Crippen LogP contribution is 2.18. The van der Waals surface area contributed by atoms with Gasteiger partial charge in [-0.3, -0.25) is 0 Å².